The molecule has 0 saturated heterocycles. The van der Waals surface area contributed by atoms with E-state index < -0.39 is 0 Å². The number of halogens is 3. The Labute approximate surface area is 134 Å². The first kappa shape index (κ1) is 13.9. The summed E-state index contributed by atoms with van der Waals surface area (Å²) >= 11 is 15.8. The predicted molar refractivity (Wildman–Crippen MR) is 86.6 cm³/mol. The van der Waals surface area contributed by atoms with Crippen LogP contribution in [-0.4, -0.2) is 4.98 Å². The molecule has 3 aromatic rings. The zero-order chi connectivity index (χ0) is 14.4. The van der Waals surface area contributed by atoms with E-state index >= 15 is 0 Å². The molecule has 102 valence electrons. The van der Waals surface area contributed by atoms with Crippen molar-refractivity contribution in [2.24, 2.45) is 0 Å². The Bertz CT molecular complexity index is 826. The first-order chi connectivity index (χ1) is 9.47. The highest BCUT2D eigenvalue weighted by molar-refractivity contribution is 9.10. The molecule has 0 aliphatic heterocycles. The number of rotatable bonds is 1. The first-order valence-electron chi connectivity index (χ1n) is 5.99. The molecule has 1 heterocycles. The molecule has 0 aliphatic carbocycles. The van der Waals surface area contributed by atoms with Crippen LogP contribution in [0.2, 0.25) is 10.0 Å². The van der Waals surface area contributed by atoms with Crippen LogP contribution in [0.25, 0.3) is 22.6 Å². The Morgan fingerprint density at radius 1 is 1.15 bits per heavy atom. The zero-order valence-electron chi connectivity index (χ0n) is 10.8. The normalized spacial score (nSPS) is 11.2. The minimum Gasteiger partial charge on any atom is -0.435 e. The Kier molecular flexibility index (Phi) is 3.53. The highest BCUT2D eigenvalue weighted by Gasteiger charge is 2.16. The van der Waals surface area contributed by atoms with Gasteiger partial charge in [0.05, 0.1) is 15.1 Å². The van der Waals surface area contributed by atoms with Gasteiger partial charge >= 0.3 is 0 Å². The fourth-order valence-corrected chi connectivity index (χ4v) is 2.99. The lowest BCUT2D eigenvalue weighted by atomic mass is 10.1. The summed E-state index contributed by atoms with van der Waals surface area (Å²) in [5.74, 6) is 0.471. The molecule has 0 N–H and O–H groups in total. The van der Waals surface area contributed by atoms with Gasteiger partial charge in [0.25, 0.3) is 0 Å². The minimum atomic E-state index is 0.471. The average Bonchev–Trinajstić information content (AvgIpc) is 2.83. The molecule has 0 bridgehead atoms. The average molecular weight is 371 g/mol. The highest BCUT2D eigenvalue weighted by Crippen LogP contribution is 2.36. The van der Waals surface area contributed by atoms with E-state index in [0.29, 0.717) is 21.5 Å². The molecule has 5 heteroatoms. The van der Waals surface area contributed by atoms with E-state index in [2.05, 4.69) is 20.9 Å². The van der Waals surface area contributed by atoms with Gasteiger partial charge in [-0.25, -0.2) is 4.98 Å². The Morgan fingerprint density at radius 2 is 1.90 bits per heavy atom. The third-order valence-corrected chi connectivity index (χ3v) is 4.81. The van der Waals surface area contributed by atoms with Crippen LogP contribution in [-0.2, 0) is 0 Å². The van der Waals surface area contributed by atoms with Crippen molar-refractivity contribution in [3.05, 3.63) is 49.9 Å². The summed E-state index contributed by atoms with van der Waals surface area (Å²) in [6, 6.07) is 7.23. The molecule has 3 rings (SSSR count). The summed E-state index contributed by atoms with van der Waals surface area (Å²) in [7, 11) is 0. The van der Waals surface area contributed by atoms with Crippen LogP contribution < -0.4 is 0 Å². The third-order valence-electron chi connectivity index (χ3n) is 3.29. The van der Waals surface area contributed by atoms with Crippen LogP contribution in [0.15, 0.2) is 33.2 Å². The summed E-state index contributed by atoms with van der Waals surface area (Å²) in [6.07, 6.45) is 0. The van der Waals surface area contributed by atoms with Crippen LogP contribution >= 0.6 is 39.1 Å². The molecule has 0 fully saturated rings. The van der Waals surface area contributed by atoms with Gasteiger partial charge in [-0.2, -0.15) is 0 Å². The fraction of sp³-hybridized carbons (Fsp3) is 0.133. The van der Waals surface area contributed by atoms with Crippen LogP contribution in [0.1, 0.15) is 11.1 Å². The molecule has 0 amide bonds. The minimum absolute atomic E-state index is 0.471. The number of fused-ring (bicyclic) bond motifs is 1. The van der Waals surface area contributed by atoms with Gasteiger partial charge in [0.15, 0.2) is 5.58 Å². The second-order valence-corrected chi connectivity index (χ2v) is 6.26. The number of hydrogen-bond acceptors (Lipinski definition) is 2. The van der Waals surface area contributed by atoms with Gasteiger partial charge < -0.3 is 4.42 Å². The Morgan fingerprint density at radius 3 is 2.65 bits per heavy atom. The molecule has 2 nitrogen and oxygen atoms in total. The Balaban J connectivity index is 2.28. The van der Waals surface area contributed by atoms with Crippen molar-refractivity contribution in [3.8, 4) is 11.5 Å². The molecule has 0 aliphatic rings. The van der Waals surface area contributed by atoms with Crippen molar-refractivity contribution < 1.29 is 4.42 Å². The Hall–Kier alpha value is -1.03. The number of aryl methyl sites for hydroxylation is 1. The molecule has 1 aromatic heterocycles. The van der Waals surface area contributed by atoms with Gasteiger partial charge in [0.2, 0.25) is 5.89 Å². The van der Waals surface area contributed by atoms with Crippen LogP contribution in [0.4, 0.5) is 0 Å². The standard InChI is InChI=1S/C15H10BrCl2NO/c1-7-5-12-14(13(16)8(7)2)20-15(19-12)10-6-9(17)3-4-11(10)18/h3-6H,1-2H3. The van der Waals surface area contributed by atoms with Gasteiger partial charge in [0, 0.05) is 5.02 Å². The molecule has 0 spiro atoms. The van der Waals surface area contributed by atoms with Crippen molar-refractivity contribution in [1.82, 2.24) is 4.98 Å². The van der Waals surface area contributed by atoms with Gasteiger partial charge in [0.1, 0.15) is 5.52 Å². The summed E-state index contributed by atoms with van der Waals surface area (Å²) in [4.78, 5) is 4.51. The third kappa shape index (κ3) is 2.24. The molecule has 0 unspecified atom stereocenters. The van der Waals surface area contributed by atoms with E-state index in [-0.39, 0.29) is 0 Å². The molecule has 20 heavy (non-hydrogen) atoms. The van der Waals surface area contributed by atoms with Gasteiger partial charge in [-0.05, 0) is 65.2 Å². The predicted octanol–water partition coefficient (Wildman–Crippen LogP) is 6.18. The molecule has 2 aromatic carbocycles. The van der Waals surface area contributed by atoms with Crippen molar-refractivity contribution >= 4 is 50.2 Å². The second kappa shape index (κ2) is 5.06. The van der Waals surface area contributed by atoms with Crippen LogP contribution in [0.3, 0.4) is 0 Å². The molecular weight excluding hydrogens is 361 g/mol. The SMILES string of the molecule is Cc1cc2nc(-c3cc(Cl)ccc3Cl)oc2c(Br)c1C. The maximum Gasteiger partial charge on any atom is 0.228 e. The van der Waals surface area contributed by atoms with Crippen molar-refractivity contribution in [3.63, 3.8) is 0 Å². The van der Waals surface area contributed by atoms with Crippen molar-refractivity contribution in [2.45, 2.75) is 13.8 Å². The largest absolute Gasteiger partial charge is 0.435 e. The maximum absolute atomic E-state index is 6.19. The summed E-state index contributed by atoms with van der Waals surface area (Å²) in [5.41, 5.74) is 4.50. The van der Waals surface area contributed by atoms with Crippen LogP contribution in [0, 0.1) is 13.8 Å². The van der Waals surface area contributed by atoms with E-state index in [0.717, 1.165) is 26.7 Å². The van der Waals surface area contributed by atoms with Crippen molar-refractivity contribution in [2.75, 3.05) is 0 Å². The summed E-state index contributed by atoms with van der Waals surface area (Å²) in [6.45, 7) is 4.08. The first-order valence-corrected chi connectivity index (χ1v) is 7.54. The highest BCUT2D eigenvalue weighted by atomic mass is 79.9. The number of hydrogen-bond donors (Lipinski definition) is 0. The molecular formula is C15H10BrCl2NO. The topological polar surface area (TPSA) is 26.0 Å². The maximum atomic E-state index is 6.19. The monoisotopic (exact) mass is 369 g/mol. The van der Waals surface area contributed by atoms with Gasteiger partial charge in [-0.1, -0.05) is 23.2 Å². The number of benzene rings is 2. The fourth-order valence-electron chi connectivity index (χ4n) is 2.02. The summed E-state index contributed by atoms with van der Waals surface area (Å²) < 4.78 is 6.78. The number of aromatic nitrogens is 1. The second-order valence-electron chi connectivity index (χ2n) is 4.62. The van der Waals surface area contributed by atoms with Crippen molar-refractivity contribution in [1.29, 1.82) is 0 Å². The van der Waals surface area contributed by atoms with E-state index in [9.17, 15) is 0 Å². The lowest BCUT2D eigenvalue weighted by molar-refractivity contribution is 0.617. The summed E-state index contributed by atoms with van der Waals surface area (Å²) in [5, 5.41) is 1.16. The van der Waals surface area contributed by atoms with Gasteiger partial charge in [-0.3, -0.25) is 0 Å². The van der Waals surface area contributed by atoms with Gasteiger partial charge in [-0.15, -0.1) is 0 Å². The van der Waals surface area contributed by atoms with E-state index in [4.69, 9.17) is 27.6 Å². The molecule has 0 saturated carbocycles. The lowest BCUT2D eigenvalue weighted by Crippen LogP contribution is -1.83. The number of nitrogens with zero attached hydrogens (tertiary/aromatic N) is 1. The lowest BCUT2D eigenvalue weighted by Gasteiger charge is -2.01. The smallest absolute Gasteiger partial charge is 0.228 e. The molecule has 0 radical (unpaired) electrons. The zero-order valence-corrected chi connectivity index (χ0v) is 13.9. The van der Waals surface area contributed by atoms with E-state index in [1.54, 1.807) is 18.2 Å². The van der Waals surface area contributed by atoms with E-state index in [1.807, 2.05) is 19.9 Å². The molecule has 0 atom stereocenters. The van der Waals surface area contributed by atoms with E-state index in [1.165, 1.54) is 0 Å². The quantitative estimate of drug-likeness (QED) is 0.511. The van der Waals surface area contributed by atoms with Crippen LogP contribution in [0.5, 0.6) is 0 Å². The number of oxazole rings is 1.